The maximum atomic E-state index is 12.8. The van der Waals surface area contributed by atoms with E-state index < -0.39 is 11.6 Å². The van der Waals surface area contributed by atoms with Crippen molar-refractivity contribution in [2.45, 2.75) is 32.2 Å². The number of aryl methyl sites for hydroxylation is 1. The Balaban J connectivity index is 2.41. The third-order valence-electron chi connectivity index (χ3n) is 2.58. The maximum absolute atomic E-state index is 12.8. The average Bonchev–Trinajstić information content (AvgIpc) is 2.23. The van der Waals surface area contributed by atoms with Crippen molar-refractivity contribution in [1.82, 2.24) is 5.32 Å². The molecule has 0 amide bonds. The molecule has 15 heavy (non-hydrogen) atoms. The molecule has 0 bridgehead atoms. The lowest BCUT2D eigenvalue weighted by Gasteiger charge is -2.09. The molecule has 0 saturated heterocycles. The third kappa shape index (κ3) is 3.96. The van der Waals surface area contributed by atoms with E-state index in [2.05, 4.69) is 12.2 Å². The second-order valence-corrected chi connectivity index (χ2v) is 3.83. The Bertz CT molecular complexity index is 312. The molecule has 0 aliphatic heterocycles. The number of benzene rings is 1. The van der Waals surface area contributed by atoms with Crippen LogP contribution in [0.3, 0.4) is 0 Å². The number of hydrogen-bond acceptors (Lipinski definition) is 1. The number of halogens is 2. The molecule has 1 aromatic rings. The molecule has 0 radical (unpaired) electrons. The van der Waals surface area contributed by atoms with Crippen LogP contribution >= 0.6 is 0 Å². The van der Waals surface area contributed by atoms with Gasteiger partial charge < -0.3 is 5.32 Å². The Morgan fingerprint density at radius 2 is 2.00 bits per heavy atom. The van der Waals surface area contributed by atoms with Crippen LogP contribution in [0.2, 0.25) is 0 Å². The van der Waals surface area contributed by atoms with Crippen molar-refractivity contribution < 1.29 is 8.78 Å². The maximum Gasteiger partial charge on any atom is 0.159 e. The first-order valence-electron chi connectivity index (χ1n) is 5.24. The molecule has 0 aromatic heterocycles. The number of hydrogen-bond donors (Lipinski definition) is 1. The third-order valence-corrected chi connectivity index (χ3v) is 2.58. The minimum atomic E-state index is -0.776. The summed E-state index contributed by atoms with van der Waals surface area (Å²) in [4.78, 5) is 0. The van der Waals surface area contributed by atoms with E-state index in [1.165, 1.54) is 12.1 Å². The van der Waals surface area contributed by atoms with Gasteiger partial charge in [-0.25, -0.2) is 8.78 Å². The van der Waals surface area contributed by atoms with E-state index in [4.69, 9.17) is 0 Å². The van der Waals surface area contributed by atoms with Gasteiger partial charge in [-0.3, -0.25) is 0 Å². The van der Waals surface area contributed by atoms with Crippen molar-refractivity contribution in [3.8, 4) is 0 Å². The second kappa shape index (κ2) is 5.81. The first kappa shape index (κ1) is 12.1. The van der Waals surface area contributed by atoms with Crippen LogP contribution < -0.4 is 5.32 Å². The summed E-state index contributed by atoms with van der Waals surface area (Å²) in [6.45, 7) is 2.10. The molecule has 1 nitrogen and oxygen atoms in total. The standard InChI is InChI=1S/C12H17F2N/c1-9(15-2)4-3-5-10-6-7-11(13)12(14)8-10/h6-9,15H,3-5H2,1-2H3. The van der Waals surface area contributed by atoms with Crippen LogP contribution in [0.25, 0.3) is 0 Å². The molecule has 1 rings (SSSR count). The Morgan fingerprint density at radius 3 is 2.60 bits per heavy atom. The van der Waals surface area contributed by atoms with Gasteiger partial charge >= 0.3 is 0 Å². The van der Waals surface area contributed by atoms with Crippen LogP contribution in [0.4, 0.5) is 8.78 Å². The summed E-state index contributed by atoms with van der Waals surface area (Å²) in [7, 11) is 1.92. The quantitative estimate of drug-likeness (QED) is 0.793. The molecular formula is C12H17F2N. The Kier molecular flexibility index (Phi) is 4.69. The fraction of sp³-hybridized carbons (Fsp3) is 0.500. The fourth-order valence-corrected chi connectivity index (χ4v) is 1.45. The predicted molar refractivity (Wildman–Crippen MR) is 57.8 cm³/mol. The van der Waals surface area contributed by atoms with Crippen LogP contribution in [0.15, 0.2) is 18.2 Å². The summed E-state index contributed by atoms with van der Waals surface area (Å²) >= 11 is 0. The van der Waals surface area contributed by atoms with Gasteiger partial charge in [-0.15, -0.1) is 0 Å². The Labute approximate surface area is 89.5 Å². The van der Waals surface area contributed by atoms with Crippen LogP contribution in [-0.2, 0) is 6.42 Å². The largest absolute Gasteiger partial charge is 0.317 e. The molecule has 1 N–H and O–H groups in total. The minimum absolute atomic E-state index is 0.468. The van der Waals surface area contributed by atoms with Gasteiger partial charge in [0.2, 0.25) is 0 Å². The first-order chi connectivity index (χ1) is 7.13. The first-order valence-corrected chi connectivity index (χ1v) is 5.24. The number of nitrogens with one attached hydrogen (secondary N) is 1. The zero-order chi connectivity index (χ0) is 11.3. The van der Waals surface area contributed by atoms with E-state index in [9.17, 15) is 8.78 Å². The van der Waals surface area contributed by atoms with Gasteiger partial charge in [-0.05, 0) is 50.9 Å². The average molecular weight is 213 g/mol. The summed E-state index contributed by atoms with van der Waals surface area (Å²) in [6, 6.07) is 4.57. The van der Waals surface area contributed by atoms with Crippen LogP contribution in [-0.4, -0.2) is 13.1 Å². The van der Waals surface area contributed by atoms with Crippen molar-refractivity contribution >= 4 is 0 Å². The van der Waals surface area contributed by atoms with Crippen molar-refractivity contribution in [3.63, 3.8) is 0 Å². The van der Waals surface area contributed by atoms with Crippen LogP contribution in [0, 0.1) is 11.6 Å². The highest BCUT2D eigenvalue weighted by molar-refractivity contribution is 5.17. The van der Waals surface area contributed by atoms with Gasteiger partial charge in [0.1, 0.15) is 0 Å². The van der Waals surface area contributed by atoms with Crippen LogP contribution in [0.1, 0.15) is 25.3 Å². The van der Waals surface area contributed by atoms with Crippen molar-refractivity contribution in [2.24, 2.45) is 0 Å². The van der Waals surface area contributed by atoms with E-state index in [0.29, 0.717) is 6.04 Å². The van der Waals surface area contributed by atoms with Gasteiger partial charge in [-0.2, -0.15) is 0 Å². The molecule has 0 saturated carbocycles. The molecule has 0 spiro atoms. The van der Waals surface area contributed by atoms with Gasteiger partial charge in [-0.1, -0.05) is 6.07 Å². The molecule has 0 aliphatic carbocycles. The smallest absolute Gasteiger partial charge is 0.159 e. The zero-order valence-corrected chi connectivity index (χ0v) is 9.19. The summed E-state index contributed by atoms with van der Waals surface area (Å²) in [6.07, 6.45) is 2.81. The van der Waals surface area contributed by atoms with E-state index in [1.54, 1.807) is 6.07 Å². The summed E-state index contributed by atoms with van der Waals surface area (Å²) in [5.41, 5.74) is 0.859. The zero-order valence-electron chi connectivity index (χ0n) is 9.19. The molecule has 84 valence electrons. The highest BCUT2D eigenvalue weighted by atomic mass is 19.2. The molecule has 0 aliphatic rings. The lowest BCUT2D eigenvalue weighted by molar-refractivity contribution is 0.505. The topological polar surface area (TPSA) is 12.0 Å². The SMILES string of the molecule is CNC(C)CCCc1ccc(F)c(F)c1. The van der Waals surface area contributed by atoms with Crippen molar-refractivity contribution in [1.29, 1.82) is 0 Å². The molecule has 1 aromatic carbocycles. The van der Waals surface area contributed by atoms with Gasteiger partial charge in [0.25, 0.3) is 0 Å². The van der Waals surface area contributed by atoms with Gasteiger partial charge in [0.05, 0.1) is 0 Å². The highest BCUT2D eigenvalue weighted by Gasteiger charge is 2.03. The molecular weight excluding hydrogens is 196 g/mol. The van der Waals surface area contributed by atoms with Crippen LogP contribution in [0.5, 0.6) is 0 Å². The Morgan fingerprint density at radius 1 is 1.27 bits per heavy atom. The van der Waals surface area contributed by atoms with Crippen molar-refractivity contribution in [3.05, 3.63) is 35.4 Å². The number of rotatable bonds is 5. The van der Waals surface area contributed by atoms with E-state index in [0.717, 1.165) is 24.8 Å². The normalized spacial score (nSPS) is 12.8. The second-order valence-electron chi connectivity index (χ2n) is 3.83. The lowest BCUT2D eigenvalue weighted by Crippen LogP contribution is -2.20. The summed E-state index contributed by atoms with van der Waals surface area (Å²) < 4.78 is 25.5. The van der Waals surface area contributed by atoms with Gasteiger partial charge in [0, 0.05) is 6.04 Å². The highest BCUT2D eigenvalue weighted by Crippen LogP contribution is 2.11. The minimum Gasteiger partial charge on any atom is -0.317 e. The molecule has 0 fully saturated rings. The molecule has 0 heterocycles. The van der Waals surface area contributed by atoms with E-state index in [-0.39, 0.29) is 0 Å². The molecule has 1 atom stereocenters. The fourth-order valence-electron chi connectivity index (χ4n) is 1.45. The Hall–Kier alpha value is -0.960. The molecule has 1 unspecified atom stereocenters. The summed E-state index contributed by atoms with van der Waals surface area (Å²) in [5.74, 6) is -1.53. The van der Waals surface area contributed by atoms with E-state index >= 15 is 0 Å². The van der Waals surface area contributed by atoms with Crippen molar-refractivity contribution in [2.75, 3.05) is 7.05 Å². The monoisotopic (exact) mass is 213 g/mol. The molecule has 3 heteroatoms. The predicted octanol–water partition coefficient (Wildman–Crippen LogP) is 2.90. The van der Waals surface area contributed by atoms with E-state index in [1.807, 2.05) is 7.05 Å². The summed E-state index contributed by atoms with van der Waals surface area (Å²) in [5, 5.41) is 3.14. The van der Waals surface area contributed by atoms with Gasteiger partial charge in [0.15, 0.2) is 11.6 Å². The lowest BCUT2D eigenvalue weighted by atomic mass is 10.1.